The van der Waals surface area contributed by atoms with Crippen LogP contribution in [0, 0.1) is 17.2 Å². The van der Waals surface area contributed by atoms with Crippen LogP contribution in [0.2, 0.25) is 0 Å². The molecule has 0 rings (SSSR count). The van der Waals surface area contributed by atoms with Crippen LogP contribution >= 0.6 is 0 Å². The van der Waals surface area contributed by atoms with Crippen molar-refractivity contribution in [3.05, 3.63) is 0 Å². The van der Waals surface area contributed by atoms with Gasteiger partial charge < -0.3 is 4.74 Å². The van der Waals surface area contributed by atoms with Gasteiger partial charge in [0.25, 0.3) is 0 Å². The summed E-state index contributed by atoms with van der Waals surface area (Å²) in [5.41, 5.74) is 0. The Balaban J connectivity index is 3.64. The van der Waals surface area contributed by atoms with Crippen LogP contribution < -0.4 is 0 Å². The molecular formula is C9H15NO2. The molecule has 0 saturated heterocycles. The lowest BCUT2D eigenvalue weighted by Gasteiger charge is -2.04. The Hall–Kier alpha value is -0.880. The summed E-state index contributed by atoms with van der Waals surface area (Å²) >= 11 is 0. The van der Waals surface area contributed by atoms with E-state index in [0.29, 0.717) is 26.1 Å². The minimum atomic E-state index is -0.439. The number of ketones is 1. The summed E-state index contributed by atoms with van der Waals surface area (Å²) in [7, 11) is 0. The van der Waals surface area contributed by atoms with Gasteiger partial charge in [0.1, 0.15) is 5.92 Å². The first-order valence-corrected chi connectivity index (χ1v) is 4.26. The van der Waals surface area contributed by atoms with E-state index in [1.165, 1.54) is 0 Å². The third-order valence-electron chi connectivity index (χ3n) is 1.65. The Bertz CT molecular complexity index is 172. The molecule has 0 bridgehead atoms. The van der Waals surface area contributed by atoms with Crippen molar-refractivity contribution >= 4 is 5.78 Å². The Labute approximate surface area is 73.3 Å². The molecule has 0 aromatic rings. The lowest BCUT2D eigenvalue weighted by atomic mass is 10.0. The summed E-state index contributed by atoms with van der Waals surface area (Å²) in [4.78, 5) is 11.2. The number of carbonyl (C=O) groups excluding carboxylic acids is 1. The van der Waals surface area contributed by atoms with Gasteiger partial charge in [-0.05, 0) is 13.3 Å². The third-order valence-corrected chi connectivity index (χ3v) is 1.65. The number of ether oxygens (including phenoxy) is 1. The summed E-state index contributed by atoms with van der Waals surface area (Å²) in [6.45, 7) is 4.78. The van der Waals surface area contributed by atoms with Crippen LogP contribution in [0.15, 0.2) is 0 Å². The predicted molar refractivity (Wildman–Crippen MR) is 45.5 cm³/mol. The summed E-state index contributed by atoms with van der Waals surface area (Å²) in [5, 5.41) is 8.54. The van der Waals surface area contributed by atoms with Gasteiger partial charge in [-0.25, -0.2) is 0 Å². The third kappa shape index (κ3) is 4.09. The van der Waals surface area contributed by atoms with Crippen molar-refractivity contribution in [2.45, 2.75) is 26.7 Å². The van der Waals surface area contributed by atoms with Crippen LogP contribution in [0.5, 0.6) is 0 Å². The van der Waals surface area contributed by atoms with Crippen molar-refractivity contribution in [1.29, 1.82) is 5.26 Å². The van der Waals surface area contributed by atoms with E-state index in [9.17, 15) is 4.79 Å². The Morgan fingerprint density at radius 3 is 2.67 bits per heavy atom. The minimum absolute atomic E-state index is 0.00606. The van der Waals surface area contributed by atoms with E-state index in [2.05, 4.69) is 0 Å². The molecule has 0 saturated carbocycles. The molecule has 0 spiro atoms. The zero-order valence-corrected chi connectivity index (χ0v) is 7.67. The smallest absolute Gasteiger partial charge is 0.152 e. The highest BCUT2D eigenvalue weighted by Gasteiger charge is 2.14. The van der Waals surface area contributed by atoms with Crippen LogP contribution in [-0.4, -0.2) is 19.0 Å². The van der Waals surface area contributed by atoms with Crippen LogP contribution in [0.3, 0.4) is 0 Å². The molecule has 0 aromatic carbocycles. The fourth-order valence-corrected chi connectivity index (χ4v) is 0.882. The molecule has 0 radical (unpaired) electrons. The standard InChI is InChI=1S/C9H15NO2/c1-3-8(7-10)9(11)5-6-12-4-2/h8H,3-6H2,1-2H3. The molecule has 3 heteroatoms. The number of nitriles is 1. The van der Waals surface area contributed by atoms with Crippen molar-refractivity contribution in [3.8, 4) is 6.07 Å². The van der Waals surface area contributed by atoms with Gasteiger partial charge in [-0.2, -0.15) is 5.26 Å². The lowest BCUT2D eigenvalue weighted by molar-refractivity contribution is -0.122. The van der Waals surface area contributed by atoms with E-state index in [-0.39, 0.29) is 5.78 Å². The molecule has 0 aliphatic rings. The van der Waals surface area contributed by atoms with Gasteiger partial charge in [-0.15, -0.1) is 0 Å². The second-order valence-electron chi connectivity index (χ2n) is 2.50. The summed E-state index contributed by atoms with van der Waals surface area (Å²) in [5.74, 6) is -0.445. The van der Waals surface area contributed by atoms with Gasteiger partial charge in [-0.1, -0.05) is 6.92 Å². The maximum absolute atomic E-state index is 11.2. The first-order valence-electron chi connectivity index (χ1n) is 4.26. The quantitative estimate of drug-likeness (QED) is 0.566. The average molecular weight is 169 g/mol. The molecule has 0 aliphatic heterocycles. The maximum atomic E-state index is 11.2. The fraction of sp³-hybridized carbons (Fsp3) is 0.778. The molecular weight excluding hydrogens is 154 g/mol. The SMILES string of the molecule is CCOCCC(=O)C(C#N)CC. The molecule has 12 heavy (non-hydrogen) atoms. The van der Waals surface area contributed by atoms with Crippen LogP contribution in [0.4, 0.5) is 0 Å². The first-order chi connectivity index (χ1) is 5.76. The molecule has 0 fully saturated rings. The summed E-state index contributed by atoms with van der Waals surface area (Å²) in [6, 6.07) is 1.97. The first kappa shape index (κ1) is 11.1. The zero-order chi connectivity index (χ0) is 9.40. The number of carbonyl (C=O) groups is 1. The molecule has 0 N–H and O–H groups in total. The molecule has 1 unspecified atom stereocenters. The van der Waals surface area contributed by atoms with Crippen LogP contribution in [0.1, 0.15) is 26.7 Å². The lowest BCUT2D eigenvalue weighted by Crippen LogP contribution is -2.13. The normalized spacial score (nSPS) is 12.1. The average Bonchev–Trinajstić information content (AvgIpc) is 2.07. The monoisotopic (exact) mass is 169 g/mol. The van der Waals surface area contributed by atoms with Crippen LogP contribution in [0.25, 0.3) is 0 Å². The highest BCUT2D eigenvalue weighted by Crippen LogP contribution is 2.04. The largest absolute Gasteiger partial charge is 0.381 e. The molecule has 0 amide bonds. The number of rotatable bonds is 6. The van der Waals surface area contributed by atoms with Crippen molar-refractivity contribution in [2.75, 3.05) is 13.2 Å². The molecule has 68 valence electrons. The number of hydrogen-bond donors (Lipinski definition) is 0. The molecule has 0 aromatic heterocycles. The van der Waals surface area contributed by atoms with Crippen molar-refractivity contribution in [2.24, 2.45) is 5.92 Å². The molecule has 0 aliphatic carbocycles. The Kier molecular flexibility index (Phi) is 6.31. The Morgan fingerprint density at radius 2 is 2.25 bits per heavy atom. The number of Topliss-reactive ketones (excluding diaryl/α,β-unsaturated/α-hetero) is 1. The zero-order valence-electron chi connectivity index (χ0n) is 7.67. The van der Waals surface area contributed by atoms with E-state index in [1.54, 1.807) is 0 Å². The minimum Gasteiger partial charge on any atom is -0.381 e. The van der Waals surface area contributed by atoms with E-state index < -0.39 is 5.92 Å². The van der Waals surface area contributed by atoms with Gasteiger partial charge >= 0.3 is 0 Å². The second kappa shape index (κ2) is 6.81. The van der Waals surface area contributed by atoms with Gasteiger partial charge in [0, 0.05) is 13.0 Å². The van der Waals surface area contributed by atoms with E-state index in [4.69, 9.17) is 10.00 Å². The Morgan fingerprint density at radius 1 is 1.58 bits per heavy atom. The van der Waals surface area contributed by atoms with Gasteiger partial charge in [-0.3, -0.25) is 4.79 Å². The van der Waals surface area contributed by atoms with E-state index in [0.717, 1.165) is 0 Å². The fourth-order valence-electron chi connectivity index (χ4n) is 0.882. The van der Waals surface area contributed by atoms with Crippen molar-refractivity contribution < 1.29 is 9.53 Å². The van der Waals surface area contributed by atoms with E-state index >= 15 is 0 Å². The van der Waals surface area contributed by atoms with Gasteiger partial charge in [0.05, 0.1) is 12.7 Å². The predicted octanol–water partition coefficient (Wildman–Crippen LogP) is 1.53. The number of nitrogens with zero attached hydrogens (tertiary/aromatic N) is 1. The summed E-state index contributed by atoms with van der Waals surface area (Å²) < 4.78 is 5.01. The van der Waals surface area contributed by atoms with Gasteiger partial charge in [0.15, 0.2) is 5.78 Å². The van der Waals surface area contributed by atoms with Crippen LogP contribution in [-0.2, 0) is 9.53 Å². The topological polar surface area (TPSA) is 50.1 Å². The van der Waals surface area contributed by atoms with Gasteiger partial charge in [0.2, 0.25) is 0 Å². The summed E-state index contributed by atoms with van der Waals surface area (Å²) in [6.07, 6.45) is 0.960. The maximum Gasteiger partial charge on any atom is 0.152 e. The molecule has 0 heterocycles. The van der Waals surface area contributed by atoms with Crippen molar-refractivity contribution in [1.82, 2.24) is 0 Å². The molecule has 3 nitrogen and oxygen atoms in total. The highest BCUT2D eigenvalue weighted by molar-refractivity contribution is 5.83. The number of hydrogen-bond acceptors (Lipinski definition) is 3. The highest BCUT2D eigenvalue weighted by atomic mass is 16.5. The van der Waals surface area contributed by atoms with Crippen molar-refractivity contribution in [3.63, 3.8) is 0 Å². The second-order valence-corrected chi connectivity index (χ2v) is 2.50. The van der Waals surface area contributed by atoms with E-state index in [1.807, 2.05) is 19.9 Å². The molecule has 1 atom stereocenters.